The average Bonchev–Trinajstić information content (AvgIpc) is 2.72. The van der Waals surface area contributed by atoms with Crippen LogP contribution < -0.4 is 5.01 Å². The molecule has 0 atom stereocenters. The van der Waals surface area contributed by atoms with Crippen LogP contribution in [0.1, 0.15) is 42.2 Å². The summed E-state index contributed by atoms with van der Waals surface area (Å²) in [5, 5.41) is 21.1. The maximum absolute atomic E-state index is 13.1. The van der Waals surface area contributed by atoms with Crippen LogP contribution >= 0.6 is 0 Å². The predicted molar refractivity (Wildman–Crippen MR) is 102 cm³/mol. The summed E-state index contributed by atoms with van der Waals surface area (Å²) in [6.07, 6.45) is 0. The Hall–Kier alpha value is -4.33. The number of hydrazine groups is 1. The highest BCUT2D eigenvalue weighted by atomic mass is 16.7. The molecule has 3 aromatic carbocycles. The van der Waals surface area contributed by atoms with Gasteiger partial charge in [-0.25, -0.2) is 14.9 Å². The molecule has 0 radical (unpaired) electrons. The molecule has 0 aromatic heterocycles. The first kappa shape index (κ1) is 18.1. The van der Waals surface area contributed by atoms with E-state index in [4.69, 9.17) is 0 Å². The number of fused-ring (bicyclic) bond motifs is 2. The lowest BCUT2D eigenvalue weighted by atomic mass is 9.83. The summed E-state index contributed by atoms with van der Waals surface area (Å²) in [6.45, 7) is 0. The molecule has 29 heavy (non-hydrogen) atoms. The zero-order valence-electron chi connectivity index (χ0n) is 14.7. The molecule has 1 aliphatic carbocycles. The number of carbonyl (C=O) groups is 3. The van der Waals surface area contributed by atoms with Gasteiger partial charge in [0.1, 0.15) is 11.4 Å². The van der Waals surface area contributed by atoms with Crippen LogP contribution in [0.25, 0.3) is 0 Å². The fourth-order valence-electron chi connectivity index (χ4n) is 3.45. The number of aromatic carboxylic acids is 1. The molecule has 8 nitrogen and oxygen atoms in total. The second-order valence-electron chi connectivity index (χ2n) is 6.28. The number of benzene rings is 3. The van der Waals surface area contributed by atoms with Crippen LogP contribution in [0, 0.1) is 10.1 Å². The first-order chi connectivity index (χ1) is 13.9. The highest BCUT2D eigenvalue weighted by Crippen LogP contribution is 2.37. The summed E-state index contributed by atoms with van der Waals surface area (Å²) in [5.41, 5.74) is -0.435. The summed E-state index contributed by atoms with van der Waals surface area (Å²) in [4.78, 5) is 49.5. The van der Waals surface area contributed by atoms with Gasteiger partial charge in [-0.15, -0.1) is 0 Å². The summed E-state index contributed by atoms with van der Waals surface area (Å²) in [5.74, 6) is -2.32. The number of hydrogen-bond acceptors (Lipinski definition) is 5. The number of anilines is 2. The summed E-state index contributed by atoms with van der Waals surface area (Å²) < 4.78 is 0. The van der Waals surface area contributed by atoms with Gasteiger partial charge >= 0.3 is 5.97 Å². The molecule has 0 aliphatic heterocycles. The number of hydrogen-bond donors (Lipinski definition) is 1. The van der Waals surface area contributed by atoms with Crippen molar-refractivity contribution in [3.8, 4) is 0 Å². The monoisotopic (exact) mass is 388 g/mol. The van der Waals surface area contributed by atoms with E-state index in [0.717, 1.165) is 0 Å². The standard InChI is InChI=1S/C21H12N2O6/c24-19-12-6-1-2-7-13(12)20(25)18-15(19)9-5-11-17(18)22(23(28)29)16-10-4-3-8-14(16)21(26)27/h1-11H,(H,26,27). The Bertz CT molecular complexity index is 1220. The predicted octanol–water partition coefficient (Wildman–Crippen LogP) is 3.49. The van der Waals surface area contributed by atoms with Gasteiger partial charge < -0.3 is 5.11 Å². The zero-order valence-corrected chi connectivity index (χ0v) is 14.7. The highest BCUT2D eigenvalue weighted by molar-refractivity contribution is 6.30. The first-order valence-corrected chi connectivity index (χ1v) is 8.50. The number of ketones is 2. The molecule has 8 heteroatoms. The topological polar surface area (TPSA) is 118 Å². The van der Waals surface area contributed by atoms with Crippen molar-refractivity contribution in [2.45, 2.75) is 0 Å². The number of para-hydroxylation sites is 1. The molecule has 0 heterocycles. The molecule has 0 fully saturated rings. The lowest BCUT2D eigenvalue weighted by Crippen LogP contribution is -2.30. The Morgan fingerprint density at radius 2 is 1.34 bits per heavy atom. The molecule has 0 saturated carbocycles. The SMILES string of the molecule is O=C(O)c1ccccc1N(c1cccc2c1C(=O)c1ccccc1C2=O)[N+](=O)[O-]. The van der Waals surface area contributed by atoms with E-state index >= 15 is 0 Å². The van der Waals surface area contributed by atoms with Crippen LogP contribution in [-0.2, 0) is 0 Å². The maximum atomic E-state index is 13.1. The first-order valence-electron chi connectivity index (χ1n) is 8.50. The van der Waals surface area contributed by atoms with Gasteiger partial charge in [-0.2, -0.15) is 0 Å². The Morgan fingerprint density at radius 1 is 0.793 bits per heavy atom. The second-order valence-corrected chi connectivity index (χ2v) is 6.28. The van der Waals surface area contributed by atoms with E-state index in [1.165, 1.54) is 54.6 Å². The van der Waals surface area contributed by atoms with Crippen LogP contribution in [0.5, 0.6) is 0 Å². The number of rotatable bonds is 4. The van der Waals surface area contributed by atoms with Crippen molar-refractivity contribution in [2.75, 3.05) is 5.01 Å². The maximum Gasteiger partial charge on any atom is 0.338 e. The highest BCUT2D eigenvalue weighted by Gasteiger charge is 2.36. The van der Waals surface area contributed by atoms with Crippen molar-refractivity contribution >= 4 is 28.9 Å². The third-order valence-electron chi connectivity index (χ3n) is 4.68. The Kier molecular flexibility index (Phi) is 4.16. The van der Waals surface area contributed by atoms with Gasteiger partial charge in [0, 0.05) is 16.7 Å². The van der Waals surface area contributed by atoms with Crippen LogP contribution in [-0.4, -0.2) is 27.7 Å². The van der Waals surface area contributed by atoms with Crippen LogP contribution in [0.2, 0.25) is 0 Å². The smallest absolute Gasteiger partial charge is 0.338 e. The average molecular weight is 388 g/mol. The van der Waals surface area contributed by atoms with E-state index in [2.05, 4.69) is 0 Å². The Labute approximate surface area is 163 Å². The Balaban J connectivity index is 1.99. The molecule has 0 bridgehead atoms. The van der Waals surface area contributed by atoms with E-state index < -0.39 is 22.6 Å². The van der Waals surface area contributed by atoms with Crippen molar-refractivity contribution < 1.29 is 24.5 Å². The van der Waals surface area contributed by atoms with Gasteiger partial charge in [0.25, 0.3) is 0 Å². The van der Waals surface area contributed by atoms with Gasteiger partial charge in [0.05, 0.1) is 11.1 Å². The zero-order chi connectivity index (χ0) is 20.7. The van der Waals surface area contributed by atoms with E-state index in [9.17, 15) is 29.6 Å². The third-order valence-corrected chi connectivity index (χ3v) is 4.68. The van der Waals surface area contributed by atoms with Gasteiger partial charge in [-0.1, -0.05) is 53.5 Å². The van der Waals surface area contributed by atoms with Crippen molar-refractivity contribution in [2.24, 2.45) is 0 Å². The summed E-state index contributed by atoms with van der Waals surface area (Å²) >= 11 is 0. The third kappa shape index (κ3) is 2.74. The lowest BCUT2D eigenvalue weighted by Gasteiger charge is -2.23. The van der Waals surface area contributed by atoms with E-state index in [0.29, 0.717) is 5.01 Å². The van der Waals surface area contributed by atoms with Gasteiger partial charge in [0.15, 0.2) is 16.6 Å². The minimum absolute atomic E-state index is 0.0332. The van der Waals surface area contributed by atoms with Crippen molar-refractivity contribution in [3.63, 3.8) is 0 Å². The molecule has 142 valence electrons. The summed E-state index contributed by atoms with van der Waals surface area (Å²) in [7, 11) is 0. The molecule has 0 saturated heterocycles. The molecular weight excluding hydrogens is 376 g/mol. The number of carbonyl (C=O) groups excluding carboxylic acids is 2. The van der Waals surface area contributed by atoms with Crippen molar-refractivity contribution in [1.29, 1.82) is 0 Å². The Morgan fingerprint density at radius 3 is 2.00 bits per heavy atom. The van der Waals surface area contributed by atoms with Gasteiger partial charge in [-0.3, -0.25) is 9.59 Å². The van der Waals surface area contributed by atoms with E-state index in [1.807, 2.05) is 0 Å². The van der Waals surface area contributed by atoms with Crippen LogP contribution in [0.3, 0.4) is 0 Å². The molecule has 4 rings (SSSR count). The number of nitrogens with zero attached hydrogens (tertiary/aromatic N) is 2. The molecule has 0 unspecified atom stereocenters. The minimum Gasteiger partial charge on any atom is -0.478 e. The largest absolute Gasteiger partial charge is 0.478 e. The minimum atomic E-state index is -1.36. The van der Waals surface area contributed by atoms with Gasteiger partial charge in [-0.05, 0) is 18.2 Å². The fraction of sp³-hybridized carbons (Fsp3) is 0. The molecular formula is C21H12N2O6. The number of carboxylic acid groups (broad SMARTS) is 1. The molecule has 1 aliphatic rings. The van der Waals surface area contributed by atoms with Crippen molar-refractivity contribution in [3.05, 3.63) is 105 Å². The molecule has 1 N–H and O–H groups in total. The summed E-state index contributed by atoms with van der Waals surface area (Å²) in [6, 6.07) is 15.8. The van der Waals surface area contributed by atoms with E-state index in [-0.39, 0.29) is 39.2 Å². The number of nitro groups is 1. The quantitative estimate of drug-likeness (QED) is 0.420. The van der Waals surface area contributed by atoms with Crippen molar-refractivity contribution in [1.82, 2.24) is 0 Å². The lowest BCUT2D eigenvalue weighted by molar-refractivity contribution is -0.483. The molecule has 3 aromatic rings. The van der Waals surface area contributed by atoms with Crippen LogP contribution in [0.15, 0.2) is 66.7 Å². The fourth-order valence-corrected chi connectivity index (χ4v) is 3.45. The normalized spacial score (nSPS) is 12.1. The molecule has 0 amide bonds. The molecule has 0 spiro atoms. The number of carboxylic acids is 1. The van der Waals surface area contributed by atoms with Gasteiger partial charge in [0.2, 0.25) is 0 Å². The second kappa shape index (κ2) is 6.68. The van der Waals surface area contributed by atoms with Crippen LogP contribution in [0.4, 0.5) is 11.4 Å². The van der Waals surface area contributed by atoms with E-state index in [1.54, 1.807) is 12.1 Å².